The van der Waals surface area contributed by atoms with Crippen molar-refractivity contribution in [2.45, 2.75) is 50.9 Å². The molecule has 5 rings (SSSR count). The Bertz CT molecular complexity index is 1420. The Morgan fingerprint density at radius 3 is 2.58 bits per heavy atom. The molecule has 1 aliphatic heterocycles. The minimum atomic E-state index is -1.08. The van der Waals surface area contributed by atoms with Crippen molar-refractivity contribution in [1.29, 1.82) is 0 Å². The molecule has 2 unspecified atom stereocenters. The molecule has 1 heterocycles. The van der Waals surface area contributed by atoms with Crippen LogP contribution >= 0.6 is 0 Å². The number of para-hydroxylation sites is 1. The SMILES string of the molecule is COC(=O)C(C)(C)Oc1cccc(C2CC(CN[C@H](C)c3cccc4ccccc34)Oc3ccccc32)c1. The summed E-state index contributed by atoms with van der Waals surface area (Å²) in [6.45, 7) is 6.36. The van der Waals surface area contributed by atoms with E-state index in [0.29, 0.717) is 5.75 Å². The molecule has 3 atom stereocenters. The molecule has 0 radical (unpaired) electrons. The molecule has 5 heteroatoms. The predicted octanol–water partition coefficient (Wildman–Crippen LogP) is 6.80. The van der Waals surface area contributed by atoms with E-state index >= 15 is 0 Å². The summed E-state index contributed by atoms with van der Waals surface area (Å²) in [6, 6.07) is 31.4. The molecule has 4 aromatic rings. The first kappa shape index (κ1) is 25.8. The van der Waals surface area contributed by atoms with Crippen LogP contribution in [0, 0.1) is 0 Å². The van der Waals surface area contributed by atoms with Crippen LogP contribution in [0.5, 0.6) is 11.5 Å². The summed E-state index contributed by atoms with van der Waals surface area (Å²) in [7, 11) is 1.37. The number of methoxy groups -OCH3 is 1. The molecule has 5 nitrogen and oxygen atoms in total. The van der Waals surface area contributed by atoms with Crippen LogP contribution < -0.4 is 14.8 Å². The van der Waals surface area contributed by atoms with Gasteiger partial charge in [0.2, 0.25) is 0 Å². The summed E-state index contributed by atoms with van der Waals surface area (Å²) in [5.74, 6) is 1.28. The highest BCUT2D eigenvalue weighted by Crippen LogP contribution is 2.41. The molecule has 1 N–H and O–H groups in total. The third-order valence-electron chi connectivity index (χ3n) is 7.34. The molecule has 4 aromatic carbocycles. The van der Waals surface area contributed by atoms with Gasteiger partial charge in [0.15, 0.2) is 5.60 Å². The summed E-state index contributed by atoms with van der Waals surface area (Å²) >= 11 is 0. The van der Waals surface area contributed by atoms with Gasteiger partial charge in [0.05, 0.1) is 7.11 Å². The van der Waals surface area contributed by atoms with Gasteiger partial charge in [-0.05, 0) is 67.3 Å². The zero-order chi connectivity index (χ0) is 26.7. The Morgan fingerprint density at radius 1 is 1.00 bits per heavy atom. The van der Waals surface area contributed by atoms with E-state index in [1.807, 2.05) is 30.3 Å². The topological polar surface area (TPSA) is 56.8 Å². The number of esters is 1. The molecule has 0 amide bonds. The Kier molecular flexibility index (Phi) is 7.39. The van der Waals surface area contributed by atoms with Crippen LogP contribution in [0.1, 0.15) is 55.8 Å². The van der Waals surface area contributed by atoms with Gasteiger partial charge in [-0.1, -0.05) is 72.8 Å². The Balaban J connectivity index is 1.35. The molecule has 0 saturated heterocycles. The molecule has 0 fully saturated rings. The first-order valence-electron chi connectivity index (χ1n) is 13.2. The predicted molar refractivity (Wildman–Crippen MR) is 151 cm³/mol. The molecule has 196 valence electrons. The van der Waals surface area contributed by atoms with Crippen molar-refractivity contribution in [2.24, 2.45) is 0 Å². The molecule has 0 aliphatic carbocycles. The van der Waals surface area contributed by atoms with Gasteiger partial charge in [0.1, 0.15) is 17.6 Å². The van der Waals surface area contributed by atoms with Crippen LogP contribution in [-0.4, -0.2) is 31.3 Å². The van der Waals surface area contributed by atoms with Crippen LogP contribution in [-0.2, 0) is 9.53 Å². The van der Waals surface area contributed by atoms with Gasteiger partial charge < -0.3 is 19.5 Å². The van der Waals surface area contributed by atoms with Gasteiger partial charge >= 0.3 is 5.97 Å². The minimum absolute atomic E-state index is 0.00316. The first-order chi connectivity index (χ1) is 18.4. The highest BCUT2D eigenvalue weighted by atomic mass is 16.6. The van der Waals surface area contributed by atoms with Gasteiger partial charge in [-0.25, -0.2) is 4.79 Å². The maximum absolute atomic E-state index is 12.2. The fraction of sp³-hybridized carbons (Fsp3) is 0.303. The van der Waals surface area contributed by atoms with E-state index in [1.165, 1.54) is 23.4 Å². The maximum atomic E-state index is 12.2. The van der Waals surface area contributed by atoms with Crippen molar-refractivity contribution in [3.8, 4) is 11.5 Å². The average molecular weight is 510 g/mol. The number of ether oxygens (including phenoxy) is 3. The summed E-state index contributed by atoms with van der Waals surface area (Å²) < 4.78 is 17.4. The molecule has 0 aromatic heterocycles. The van der Waals surface area contributed by atoms with Crippen LogP contribution in [0.3, 0.4) is 0 Å². The monoisotopic (exact) mass is 509 g/mol. The van der Waals surface area contributed by atoms with Gasteiger partial charge in [0, 0.05) is 24.1 Å². The Labute approximate surface area is 224 Å². The van der Waals surface area contributed by atoms with Crippen molar-refractivity contribution in [3.63, 3.8) is 0 Å². The Hall–Kier alpha value is -3.83. The molecule has 1 aliphatic rings. The lowest BCUT2D eigenvalue weighted by molar-refractivity contribution is -0.156. The largest absolute Gasteiger partial charge is 0.489 e. The van der Waals surface area contributed by atoms with Crippen LogP contribution in [0.4, 0.5) is 0 Å². The standard InChI is InChI=1S/C33H35NO4/c1-22(27-17-10-12-23-11-5-6-15-28(23)27)34-21-26-20-30(29-16-7-8-18-31(29)37-26)24-13-9-14-25(19-24)38-33(2,3)32(35)36-4/h5-19,22,26,30,34H,20-21H2,1-4H3/t22-,26?,30?/m1/s1. The second-order valence-corrected chi connectivity index (χ2v) is 10.4. The van der Waals surface area contributed by atoms with E-state index in [-0.39, 0.29) is 18.1 Å². The van der Waals surface area contributed by atoms with Gasteiger partial charge in [0.25, 0.3) is 0 Å². The molecule has 38 heavy (non-hydrogen) atoms. The van der Waals surface area contributed by atoms with Crippen LogP contribution in [0.2, 0.25) is 0 Å². The third kappa shape index (κ3) is 5.39. The highest BCUT2D eigenvalue weighted by Gasteiger charge is 2.33. The van der Waals surface area contributed by atoms with Crippen molar-refractivity contribution in [1.82, 2.24) is 5.32 Å². The van der Waals surface area contributed by atoms with Gasteiger partial charge in [-0.3, -0.25) is 0 Å². The minimum Gasteiger partial charge on any atom is -0.489 e. The quantitative estimate of drug-likeness (QED) is 0.265. The number of nitrogens with one attached hydrogen (secondary N) is 1. The summed E-state index contributed by atoms with van der Waals surface area (Å²) in [5, 5.41) is 6.25. The molecule has 0 saturated carbocycles. The second kappa shape index (κ2) is 10.9. The molecule has 0 bridgehead atoms. The zero-order valence-corrected chi connectivity index (χ0v) is 22.4. The average Bonchev–Trinajstić information content (AvgIpc) is 2.94. The number of rotatable bonds is 8. The van der Waals surface area contributed by atoms with Crippen molar-refractivity contribution in [2.75, 3.05) is 13.7 Å². The van der Waals surface area contributed by atoms with E-state index in [2.05, 4.69) is 72.9 Å². The maximum Gasteiger partial charge on any atom is 0.349 e. The number of benzene rings is 4. The van der Waals surface area contributed by atoms with Gasteiger partial charge in [-0.15, -0.1) is 0 Å². The van der Waals surface area contributed by atoms with Gasteiger partial charge in [-0.2, -0.15) is 0 Å². The molecule has 0 spiro atoms. The van der Waals surface area contributed by atoms with E-state index in [9.17, 15) is 4.79 Å². The highest BCUT2D eigenvalue weighted by molar-refractivity contribution is 5.86. The zero-order valence-electron chi connectivity index (χ0n) is 22.4. The fourth-order valence-electron chi connectivity index (χ4n) is 5.36. The van der Waals surface area contributed by atoms with E-state index in [0.717, 1.165) is 29.8 Å². The van der Waals surface area contributed by atoms with E-state index in [4.69, 9.17) is 14.2 Å². The van der Waals surface area contributed by atoms with Crippen LogP contribution in [0.15, 0.2) is 91.0 Å². The Morgan fingerprint density at radius 2 is 1.74 bits per heavy atom. The number of hydrogen-bond acceptors (Lipinski definition) is 5. The molecular weight excluding hydrogens is 474 g/mol. The summed E-state index contributed by atoms with van der Waals surface area (Å²) in [5.41, 5.74) is 2.50. The lowest BCUT2D eigenvalue weighted by Gasteiger charge is -2.34. The lowest BCUT2D eigenvalue weighted by atomic mass is 9.84. The van der Waals surface area contributed by atoms with E-state index < -0.39 is 11.6 Å². The van der Waals surface area contributed by atoms with Crippen molar-refractivity contribution in [3.05, 3.63) is 108 Å². The number of hydrogen-bond donors (Lipinski definition) is 1. The number of carbonyl (C=O) groups excluding carboxylic acids is 1. The summed E-state index contributed by atoms with van der Waals surface area (Å²) in [6.07, 6.45) is 0.833. The lowest BCUT2D eigenvalue weighted by Crippen LogP contribution is -2.39. The second-order valence-electron chi connectivity index (χ2n) is 10.4. The smallest absolute Gasteiger partial charge is 0.349 e. The number of carbonyl (C=O) groups is 1. The van der Waals surface area contributed by atoms with E-state index in [1.54, 1.807) is 13.8 Å². The van der Waals surface area contributed by atoms with Crippen molar-refractivity contribution < 1.29 is 19.0 Å². The normalized spacial score (nSPS) is 17.8. The molecular formula is C33H35NO4. The number of fused-ring (bicyclic) bond motifs is 2. The summed E-state index contributed by atoms with van der Waals surface area (Å²) in [4.78, 5) is 12.2. The van der Waals surface area contributed by atoms with Crippen LogP contribution in [0.25, 0.3) is 10.8 Å². The fourth-order valence-corrected chi connectivity index (χ4v) is 5.36. The first-order valence-corrected chi connectivity index (χ1v) is 13.2. The van der Waals surface area contributed by atoms with Crippen molar-refractivity contribution >= 4 is 16.7 Å². The third-order valence-corrected chi connectivity index (χ3v) is 7.34.